The van der Waals surface area contributed by atoms with E-state index in [1.165, 1.54) is 16.7 Å². The number of benzene rings is 1. The Kier molecular flexibility index (Phi) is 3.67. The van der Waals surface area contributed by atoms with Gasteiger partial charge < -0.3 is 10.5 Å². The number of amidine groups is 1. The smallest absolute Gasteiger partial charge is 0.282 e. The van der Waals surface area contributed by atoms with Crippen molar-refractivity contribution in [1.29, 1.82) is 0 Å². The summed E-state index contributed by atoms with van der Waals surface area (Å²) in [5.41, 5.74) is 9.83. The van der Waals surface area contributed by atoms with Crippen LogP contribution < -0.4 is 5.73 Å². The van der Waals surface area contributed by atoms with Crippen LogP contribution in [0, 0.1) is 0 Å². The van der Waals surface area contributed by atoms with Crippen molar-refractivity contribution >= 4 is 6.02 Å². The number of hydrogen-bond acceptors (Lipinski definition) is 3. The Morgan fingerprint density at radius 2 is 1.94 bits per heavy atom. The molecule has 0 saturated heterocycles. The lowest BCUT2D eigenvalue weighted by Gasteiger charge is -2.14. The van der Waals surface area contributed by atoms with Crippen LogP contribution in [-0.4, -0.2) is 18.7 Å². The molecule has 3 heteroatoms. The number of rotatable bonds is 4. The van der Waals surface area contributed by atoms with Gasteiger partial charge in [-0.05, 0) is 36.0 Å². The summed E-state index contributed by atoms with van der Waals surface area (Å²) in [6.45, 7) is 5.01. The van der Waals surface area contributed by atoms with Gasteiger partial charge in [0, 0.05) is 0 Å². The third-order valence-electron chi connectivity index (χ3n) is 3.31. The van der Waals surface area contributed by atoms with Crippen LogP contribution in [0.25, 0.3) is 0 Å². The van der Waals surface area contributed by atoms with Gasteiger partial charge in [-0.3, -0.25) is 0 Å². The maximum absolute atomic E-state index is 5.55. The zero-order valence-electron chi connectivity index (χ0n) is 10.6. The second-order valence-electron chi connectivity index (χ2n) is 4.40. The Labute approximate surface area is 103 Å². The topological polar surface area (TPSA) is 47.6 Å². The highest BCUT2D eigenvalue weighted by Crippen LogP contribution is 2.20. The van der Waals surface area contributed by atoms with Crippen molar-refractivity contribution in [2.45, 2.75) is 39.2 Å². The van der Waals surface area contributed by atoms with E-state index in [2.05, 4.69) is 37.0 Å². The molecule has 0 radical (unpaired) electrons. The monoisotopic (exact) mass is 232 g/mol. The summed E-state index contributed by atoms with van der Waals surface area (Å²) in [6.07, 6.45) is 3.07. The van der Waals surface area contributed by atoms with E-state index in [1.807, 2.05) is 0 Å². The summed E-state index contributed by atoms with van der Waals surface area (Å²) in [5, 5.41) is 0. The van der Waals surface area contributed by atoms with Crippen LogP contribution in [0.3, 0.4) is 0 Å². The molecule has 1 atom stereocenters. The van der Waals surface area contributed by atoms with E-state index < -0.39 is 0 Å². The van der Waals surface area contributed by atoms with Crippen molar-refractivity contribution in [3.63, 3.8) is 0 Å². The van der Waals surface area contributed by atoms with Crippen molar-refractivity contribution in [3.05, 3.63) is 34.9 Å². The minimum Gasteiger partial charge on any atom is -0.463 e. The molecule has 1 aliphatic rings. The van der Waals surface area contributed by atoms with Crippen LogP contribution in [0.1, 0.15) is 30.5 Å². The summed E-state index contributed by atoms with van der Waals surface area (Å²) in [5.74, 6) is 0. The third-order valence-corrected chi connectivity index (χ3v) is 3.31. The first-order chi connectivity index (χ1) is 8.24. The fourth-order valence-corrected chi connectivity index (χ4v) is 2.39. The Hall–Kier alpha value is -1.51. The summed E-state index contributed by atoms with van der Waals surface area (Å²) < 4.78 is 5.21. The Balaban J connectivity index is 2.24. The second kappa shape index (κ2) is 5.21. The van der Waals surface area contributed by atoms with Crippen LogP contribution in [-0.2, 0) is 24.0 Å². The van der Waals surface area contributed by atoms with E-state index in [1.54, 1.807) is 0 Å². The van der Waals surface area contributed by atoms with E-state index >= 15 is 0 Å². The van der Waals surface area contributed by atoms with Crippen LogP contribution in [0.5, 0.6) is 0 Å². The quantitative estimate of drug-likeness (QED) is 0.864. The molecule has 0 bridgehead atoms. The fraction of sp³-hybridized carbons (Fsp3) is 0.500. The molecule has 3 nitrogen and oxygen atoms in total. The molecule has 1 aliphatic heterocycles. The van der Waals surface area contributed by atoms with E-state index in [0.29, 0.717) is 12.6 Å². The van der Waals surface area contributed by atoms with Crippen LogP contribution >= 0.6 is 0 Å². The number of ether oxygens (including phenoxy) is 1. The lowest BCUT2D eigenvalue weighted by Crippen LogP contribution is -2.13. The minimum absolute atomic E-state index is 0.188. The normalized spacial score (nSPS) is 18.9. The first-order valence-electron chi connectivity index (χ1n) is 6.30. The number of hydrogen-bond donors (Lipinski definition) is 1. The molecule has 0 saturated carbocycles. The standard InChI is InChI=1S/C14H20N2O/c1-3-10-6-5-7-11(4-2)13(10)8-12-9-17-14(15)16-12/h5-7,12H,3-4,8-9H2,1-2H3,(H2,15,16)/t12-/m0/s1. The highest BCUT2D eigenvalue weighted by Gasteiger charge is 2.19. The highest BCUT2D eigenvalue weighted by atomic mass is 16.5. The number of nitrogens with zero attached hydrogens (tertiary/aromatic N) is 1. The summed E-state index contributed by atoms with van der Waals surface area (Å²) >= 11 is 0. The largest absolute Gasteiger partial charge is 0.463 e. The first kappa shape index (κ1) is 12.0. The van der Waals surface area contributed by atoms with Crippen molar-refractivity contribution < 1.29 is 4.74 Å². The summed E-state index contributed by atoms with van der Waals surface area (Å²) in [4.78, 5) is 4.31. The summed E-state index contributed by atoms with van der Waals surface area (Å²) in [6, 6.07) is 7.08. The predicted molar refractivity (Wildman–Crippen MR) is 70.3 cm³/mol. The molecule has 92 valence electrons. The van der Waals surface area contributed by atoms with Gasteiger partial charge in [0.15, 0.2) is 0 Å². The Bertz CT molecular complexity index is 404. The van der Waals surface area contributed by atoms with Gasteiger partial charge in [-0.25, -0.2) is 4.99 Å². The molecule has 2 N–H and O–H groups in total. The highest BCUT2D eigenvalue weighted by molar-refractivity contribution is 5.73. The van der Waals surface area contributed by atoms with Gasteiger partial charge >= 0.3 is 0 Å². The van der Waals surface area contributed by atoms with Crippen LogP contribution in [0.15, 0.2) is 23.2 Å². The minimum atomic E-state index is 0.188. The third kappa shape index (κ3) is 2.60. The zero-order chi connectivity index (χ0) is 12.3. The SMILES string of the molecule is CCc1cccc(CC)c1C[C@H]1COC(N)=N1. The molecule has 0 spiro atoms. The lowest BCUT2D eigenvalue weighted by atomic mass is 9.93. The molecular formula is C14H20N2O. The molecule has 0 amide bonds. The average molecular weight is 232 g/mol. The van der Waals surface area contributed by atoms with E-state index in [9.17, 15) is 0 Å². The second-order valence-corrected chi connectivity index (χ2v) is 4.40. The van der Waals surface area contributed by atoms with Crippen molar-refractivity contribution in [1.82, 2.24) is 0 Å². The molecular weight excluding hydrogens is 212 g/mol. The number of aliphatic imine (C=N–C) groups is 1. The average Bonchev–Trinajstić information content (AvgIpc) is 2.75. The van der Waals surface area contributed by atoms with Gasteiger partial charge in [-0.1, -0.05) is 32.0 Å². The van der Waals surface area contributed by atoms with E-state index in [-0.39, 0.29) is 6.04 Å². The Morgan fingerprint density at radius 1 is 1.29 bits per heavy atom. The molecule has 2 rings (SSSR count). The molecule has 1 aromatic rings. The molecule has 0 aromatic heterocycles. The van der Waals surface area contributed by atoms with Gasteiger partial charge in [0.05, 0.1) is 6.04 Å². The maximum Gasteiger partial charge on any atom is 0.282 e. The van der Waals surface area contributed by atoms with E-state index in [0.717, 1.165) is 19.3 Å². The van der Waals surface area contributed by atoms with Crippen LogP contribution in [0.2, 0.25) is 0 Å². The lowest BCUT2D eigenvalue weighted by molar-refractivity contribution is 0.312. The van der Waals surface area contributed by atoms with Crippen molar-refractivity contribution in [2.24, 2.45) is 10.7 Å². The van der Waals surface area contributed by atoms with Gasteiger partial charge in [-0.2, -0.15) is 0 Å². The number of aryl methyl sites for hydroxylation is 2. The van der Waals surface area contributed by atoms with Crippen molar-refractivity contribution in [3.8, 4) is 0 Å². The van der Waals surface area contributed by atoms with Crippen molar-refractivity contribution in [2.75, 3.05) is 6.61 Å². The summed E-state index contributed by atoms with van der Waals surface area (Å²) in [7, 11) is 0. The molecule has 17 heavy (non-hydrogen) atoms. The zero-order valence-corrected chi connectivity index (χ0v) is 10.6. The Morgan fingerprint density at radius 3 is 2.41 bits per heavy atom. The number of nitrogens with two attached hydrogens (primary N) is 1. The fourth-order valence-electron chi connectivity index (χ4n) is 2.39. The van der Waals surface area contributed by atoms with Crippen LogP contribution in [0.4, 0.5) is 0 Å². The molecule has 1 aromatic carbocycles. The van der Waals surface area contributed by atoms with Gasteiger partial charge in [0.25, 0.3) is 6.02 Å². The van der Waals surface area contributed by atoms with E-state index in [4.69, 9.17) is 10.5 Å². The van der Waals surface area contributed by atoms with Gasteiger partial charge in [0.1, 0.15) is 6.61 Å². The predicted octanol–water partition coefficient (Wildman–Crippen LogP) is 2.07. The maximum atomic E-state index is 5.55. The molecule has 1 heterocycles. The van der Waals surface area contributed by atoms with Gasteiger partial charge in [0.2, 0.25) is 0 Å². The molecule has 0 unspecified atom stereocenters. The first-order valence-corrected chi connectivity index (χ1v) is 6.30. The molecule has 0 aliphatic carbocycles. The van der Waals surface area contributed by atoms with Gasteiger partial charge in [-0.15, -0.1) is 0 Å². The molecule has 0 fully saturated rings.